The van der Waals surface area contributed by atoms with Gasteiger partial charge in [0.1, 0.15) is 5.57 Å². The Kier molecular flexibility index (Phi) is 3.95. The molecule has 6 nitrogen and oxygen atoms in total. The second-order valence-corrected chi connectivity index (χ2v) is 5.70. The minimum Gasteiger partial charge on any atom is -0.504 e. The molecular formula is C14H13BrO6. The summed E-state index contributed by atoms with van der Waals surface area (Å²) in [5.74, 6) is -2.92. The van der Waals surface area contributed by atoms with Crippen LogP contribution in [-0.2, 0) is 19.1 Å². The van der Waals surface area contributed by atoms with Crippen LogP contribution in [0.5, 0.6) is 11.5 Å². The van der Waals surface area contributed by atoms with Crippen molar-refractivity contribution < 1.29 is 28.9 Å². The molecule has 0 saturated carbocycles. The molecule has 21 heavy (non-hydrogen) atoms. The molecule has 7 heteroatoms. The number of cyclic esters (lactones) is 2. The lowest BCUT2D eigenvalue weighted by molar-refractivity contribution is -0.222. The average molecular weight is 357 g/mol. The molecule has 1 aliphatic heterocycles. The molecule has 0 aromatic heterocycles. The first-order valence-corrected chi connectivity index (χ1v) is 6.77. The molecule has 1 aliphatic rings. The summed E-state index contributed by atoms with van der Waals surface area (Å²) in [6, 6.07) is 3.09. The van der Waals surface area contributed by atoms with Crippen molar-refractivity contribution in [2.45, 2.75) is 19.6 Å². The van der Waals surface area contributed by atoms with Crippen LogP contribution in [0.3, 0.4) is 0 Å². The second kappa shape index (κ2) is 5.40. The maximum absolute atomic E-state index is 11.9. The van der Waals surface area contributed by atoms with Crippen LogP contribution in [0.4, 0.5) is 0 Å². The third-order valence-electron chi connectivity index (χ3n) is 2.71. The molecule has 0 unspecified atom stereocenters. The first-order valence-electron chi connectivity index (χ1n) is 5.98. The van der Waals surface area contributed by atoms with Crippen molar-refractivity contribution in [3.05, 3.63) is 27.7 Å². The van der Waals surface area contributed by atoms with E-state index in [1.54, 1.807) is 6.07 Å². The van der Waals surface area contributed by atoms with Gasteiger partial charge in [0.2, 0.25) is 0 Å². The van der Waals surface area contributed by atoms with Crippen molar-refractivity contribution >= 4 is 33.9 Å². The Morgan fingerprint density at radius 1 is 1.24 bits per heavy atom. The van der Waals surface area contributed by atoms with Gasteiger partial charge in [-0.05, 0) is 18.2 Å². The third-order valence-corrected chi connectivity index (χ3v) is 3.16. The number of phenolic OH excluding ortho intramolecular Hbond substituents is 1. The van der Waals surface area contributed by atoms with E-state index < -0.39 is 17.7 Å². The Morgan fingerprint density at radius 3 is 2.33 bits per heavy atom. The lowest BCUT2D eigenvalue weighted by Crippen LogP contribution is -2.41. The molecule has 0 radical (unpaired) electrons. The van der Waals surface area contributed by atoms with E-state index in [0.717, 1.165) is 0 Å². The van der Waals surface area contributed by atoms with Crippen LogP contribution in [0.2, 0.25) is 0 Å². The fourth-order valence-electron chi connectivity index (χ4n) is 1.79. The minimum absolute atomic E-state index is 0.196. The van der Waals surface area contributed by atoms with Gasteiger partial charge in [-0.1, -0.05) is 15.9 Å². The molecule has 0 amide bonds. The molecular weight excluding hydrogens is 344 g/mol. The number of carbonyl (C=O) groups is 2. The first-order chi connectivity index (χ1) is 9.73. The largest absolute Gasteiger partial charge is 0.504 e. The molecule has 1 aromatic carbocycles. The van der Waals surface area contributed by atoms with E-state index in [1.165, 1.54) is 33.1 Å². The number of rotatable bonds is 2. The van der Waals surface area contributed by atoms with E-state index in [2.05, 4.69) is 15.9 Å². The number of halogens is 1. The Balaban J connectivity index is 2.47. The molecule has 1 saturated heterocycles. The fraction of sp³-hybridized carbons (Fsp3) is 0.286. The van der Waals surface area contributed by atoms with Gasteiger partial charge in [-0.25, -0.2) is 9.59 Å². The van der Waals surface area contributed by atoms with E-state index in [4.69, 9.17) is 14.2 Å². The summed E-state index contributed by atoms with van der Waals surface area (Å²) in [5, 5.41) is 10.0. The molecule has 2 rings (SSSR count). The van der Waals surface area contributed by atoms with Gasteiger partial charge in [-0.2, -0.15) is 0 Å². The molecule has 1 N–H and O–H groups in total. The van der Waals surface area contributed by atoms with Crippen LogP contribution in [0.1, 0.15) is 19.4 Å². The number of aromatic hydroxyl groups is 1. The second-order valence-electron chi connectivity index (χ2n) is 4.78. The summed E-state index contributed by atoms with van der Waals surface area (Å²) in [4.78, 5) is 23.7. The van der Waals surface area contributed by atoms with Crippen molar-refractivity contribution in [2.24, 2.45) is 0 Å². The van der Waals surface area contributed by atoms with E-state index in [9.17, 15) is 14.7 Å². The van der Waals surface area contributed by atoms with Crippen molar-refractivity contribution in [2.75, 3.05) is 7.11 Å². The van der Waals surface area contributed by atoms with Crippen LogP contribution in [-0.4, -0.2) is 29.9 Å². The highest BCUT2D eigenvalue weighted by atomic mass is 79.9. The Bertz CT molecular complexity index is 625. The van der Waals surface area contributed by atoms with Gasteiger partial charge in [-0.15, -0.1) is 0 Å². The van der Waals surface area contributed by atoms with E-state index >= 15 is 0 Å². The Labute approximate surface area is 129 Å². The van der Waals surface area contributed by atoms with E-state index in [-0.39, 0.29) is 22.6 Å². The smallest absolute Gasteiger partial charge is 0.348 e. The van der Waals surface area contributed by atoms with Gasteiger partial charge in [0, 0.05) is 23.9 Å². The van der Waals surface area contributed by atoms with Gasteiger partial charge >= 0.3 is 11.9 Å². The van der Waals surface area contributed by atoms with Gasteiger partial charge in [-0.3, -0.25) is 0 Å². The quantitative estimate of drug-likeness (QED) is 0.497. The normalized spacial score (nSPS) is 17.0. The topological polar surface area (TPSA) is 82.1 Å². The summed E-state index contributed by atoms with van der Waals surface area (Å²) >= 11 is 3.25. The maximum Gasteiger partial charge on any atom is 0.348 e. The summed E-state index contributed by atoms with van der Waals surface area (Å²) in [5.41, 5.74) is -0.0744. The maximum atomic E-state index is 11.9. The summed E-state index contributed by atoms with van der Waals surface area (Å²) in [6.45, 7) is 2.92. The van der Waals surface area contributed by atoms with Crippen molar-refractivity contribution in [1.29, 1.82) is 0 Å². The number of phenols is 1. The number of ether oxygens (including phenoxy) is 3. The van der Waals surface area contributed by atoms with Gasteiger partial charge < -0.3 is 19.3 Å². The van der Waals surface area contributed by atoms with Crippen molar-refractivity contribution in [3.8, 4) is 11.5 Å². The fourth-order valence-corrected chi connectivity index (χ4v) is 2.25. The number of carbonyl (C=O) groups excluding carboxylic acids is 2. The molecule has 0 atom stereocenters. The van der Waals surface area contributed by atoms with Crippen LogP contribution in [0.15, 0.2) is 22.2 Å². The summed E-state index contributed by atoms with van der Waals surface area (Å²) < 4.78 is 15.6. The molecule has 0 spiro atoms. The standard InChI is InChI=1S/C14H13BrO6/c1-14(2)20-12(17)9(13(18)21-14)5-7-4-8(15)6-10(19-3)11(7)16/h4-6,16H,1-3H3. The highest BCUT2D eigenvalue weighted by Gasteiger charge is 2.39. The Morgan fingerprint density at radius 2 is 1.81 bits per heavy atom. The Hall–Kier alpha value is -2.02. The number of esters is 2. The number of hydrogen-bond donors (Lipinski definition) is 1. The van der Waals surface area contributed by atoms with Crippen LogP contribution >= 0.6 is 15.9 Å². The minimum atomic E-state index is -1.30. The highest BCUT2D eigenvalue weighted by Crippen LogP contribution is 2.35. The molecule has 112 valence electrons. The molecule has 1 fully saturated rings. The SMILES string of the molecule is COc1cc(Br)cc(C=C2C(=O)OC(C)(C)OC2=O)c1O. The van der Waals surface area contributed by atoms with Crippen LogP contribution in [0.25, 0.3) is 6.08 Å². The van der Waals surface area contributed by atoms with Crippen LogP contribution in [0, 0.1) is 0 Å². The number of methoxy groups -OCH3 is 1. The lowest BCUT2D eigenvalue weighted by Gasteiger charge is -2.29. The number of benzene rings is 1. The first kappa shape index (κ1) is 15.4. The molecule has 0 aliphatic carbocycles. The zero-order valence-electron chi connectivity index (χ0n) is 11.6. The van der Waals surface area contributed by atoms with Crippen molar-refractivity contribution in [3.63, 3.8) is 0 Å². The molecule has 1 heterocycles. The van der Waals surface area contributed by atoms with Gasteiger partial charge in [0.05, 0.1) is 7.11 Å². The molecule has 1 aromatic rings. The summed E-state index contributed by atoms with van der Waals surface area (Å²) in [6.07, 6.45) is 1.20. The number of hydrogen-bond acceptors (Lipinski definition) is 6. The zero-order chi connectivity index (χ0) is 15.8. The highest BCUT2D eigenvalue weighted by molar-refractivity contribution is 9.10. The third kappa shape index (κ3) is 3.18. The van der Waals surface area contributed by atoms with Gasteiger partial charge in [0.25, 0.3) is 5.79 Å². The average Bonchev–Trinajstić information content (AvgIpc) is 2.36. The molecule has 0 bridgehead atoms. The zero-order valence-corrected chi connectivity index (χ0v) is 13.2. The van der Waals surface area contributed by atoms with Gasteiger partial charge in [0.15, 0.2) is 11.5 Å². The van der Waals surface area contributed by atoms with E-state index in [1.807, 2.05) is 0 Å². The lowest BCUT2D eigenvalue weighted by atomic mass is 10.1. The van der Waals surface area contributed by atoms with Crippen molar-refractivity contribution in [1.82, 2.24) is 0 Å². The monoisotopic (exact) mass is 356 g/mol. The van der Waals surface area contributed by atoms with E-state index in [0.29, 0.717) is 4.47 Å². The predicted molar refractivity (Wildman–Crippen MR) is 76.6 cm³/mol. The summed E-state index contributed by atoms with van der Waals surface area (Å²) in [7, 11) is 1.39. The predicted octanol–water partition coefficient (Wildman–Crippen LogP) is 2.38. The van der Waals surface area contributed by atoms with Crippen LogP contribution < -0.4 is 4.74 Å².